The van der Waals surface area contributed by atoms with Crippen LogP contribution in [0.15, 0.2) is 52.9 Å². The number of carbonyl (C=O) groups excluding carboxylic acids is 1. The standard InChI is InChI=1S/C18H15ClFNO2S/c19-14-5-3-6-15(20)13(14)11-24-9-8-21-18(22)17-10-12-4-1-2-7-16(12)23-17/h1-7,10H,8-9,11H2,(H,21,22). The molecule has 0 saturated heterocycles. The van der Waals surface area contributed by atoms with Crippen molar-refractivity contribution < 1.29 is 13.6 Å². The van der Waals surface area contributed by atoms with Crippen molar-refractivity contribution >= 4 is 40.2 Å². The van der Waals surface area contributed by atoms with Crippen molar-refractivity contribution in [3.63, 3.8) is 0 Å². The molecule has 0 aliphatic carbocycles. The molecule has 0 aliphatic rings. The molecule has 0 saturated carbocycles. The Kier molecular flexibility index (Phi) is 5.43. The molecule has 3 aromatic rings. The molecule has 0 bridgehead atoms. The molecule has 0 aliphatic heterocycles. The first-order chi connectivity index (χ1) is 11.6. The first-order valence-corrected chi connectivity index (χ1v) is 8.96. The summed E-state index contributed by atoms with van der Waals surface area (Å²) in [4.78, 5) is 12.1. The van der Waals surface area contributed by atoms with Crippen LogP contribution in [0.3, 0.4) is 0 Å². The van der Waals surface area contributed by atoms with E-state index in [0.29, 0.717) is 40.0 Å². The van der Waals surface area contributed by atoms with Crippen LogP contribution in [0.2, 0.25) is 5.02 Å². The fraction of sp³-hybridized carbons (Fsp3) is 0.167. The monoisotopic (exact) mass is 363 g/mol. The van der Waals surface area contributed by atoms with E-state index in [-0.39, 0.29) is 11.7 Å². The van der Waals surface area contributed by atoms with Crippen molar-refractivity contribution in [2.45, 2.75) is 5.75 Å². The normalized spacial score (nSPS) is 10.9. The number of amides is 1. The lowest BCUT2D eigenvalue weighted by atomic mass is 10.2. The summed E-state index contributed by atoms with van der Waals surface area (Å²) in [6.07, 6.45) is 0. The Morgan fingerprint density at radius 2 is 2.04 bits per heavy atom. The van der Waals surface area contributed by atoms with E-state index in [1.165, 1.54) is 17.8 Å². The molecule has 1 N–H and O–H groups in total. The van der Waals surface area contributed by atoms with Crippen LogP contribution in [0.25, 0.3) is 11.0 Å². The first kappa shape index (κ1) is 16.9. The average Bonchev–Trinajstić information content (AvgIpc) is 3.01. The molecule has 0 spiro atoms. The van der Waals surface area contributed by atoms with E-state index in [4.69, 9.17) is 16.0 Å². The van der Waals surface area contributed by atoms with Crippen LogP contribution in [0.5, 0.6) is 0 Å². The molecular formula is C18H15ClFNO2S. The Balaban J connectivity index is 1.47. The molecule has 0 atom stereocenters. The number of benzene rings is 2. The maximum atomic E-state index is 13.6. The molecule has 0 radical (unpaired) electrons. The number of thioether (sulfide) groups is 1. The van der Waals surface area contributed by atoms with Gasteiger partial charge in [0.15, 0.2) is 5.76 Å². The van der Waals surface area contributed by atoms with Crippen molar-refractivity contribution in [1.82, 2.24) is 5.32 Å². The Labute approximate surface area is 148 Å². The topological polar surface area (TPSA) is 42.2 Å². The Bertz CT molecular complexity index is 812. The Hall–Kier alpha value is -1.98. The van der Waals surface area contributed by atoms with Gasteiger partial charge in [-0.3, -0.25) is 4.79 Å². The second-order valence-corrected chi connectivity index (χ2v) is 6.67. The maximum Gasteiger partial charge on any atom is 0.287 e. The third kappa shape index (κ3) is 3.91. The zero-order chi connectivity index (χ0) is 16.9. The second kappa shape index (κ2) is 7.73. The molecule has 24 heavy (non-hydrogen) atoms. The van der Waals surface area contributed by atoms with E-state index in [9.17, 15) is 9.18 Å². The lowest BCUT2D eigenvalue weighted by molar-refractivity contribution is 0.0930. The number of para-hydroxylation sites is 1. The number of furan rings is 1. The summed E-state index contributed by atoms with van der Waals surface area (Å²) in [5.41, 5.74) is 1.18. The first-order valence-electron chi connectivity index (χ1n) is 7.42. The molecule has 2 aromatic carbocycles. The third-order valence-electron chi connectivity index (χ3n) is 3.49. The highest BCUT2D eigenvalue weighted by Crippen LogP contribution is 2.23. The summed E-state index contributed by atoms with van der Waals surface area (Å²) in [6, 6.07) is 13.8. The highest BCUT2D eigenvalue weighted by Gasteiger charge is 2.11. The number of carbonyl (C=O) groups is 1. The maximum absolute atomic E-state index is 13.6. The highest BCUT2D eigenvalue weighted by molar-refractivity contribution is 7.98. The average molecular weight is 364 g/mol. The van der Waals surface area contributed by atoms with Crippen LogP contribution in [-0.4, -0.2) is 18.2 Å². The molecule has 1 aromatic heterocycles. The fourth-order valence-electron chi connectivity index (χ4n) is 2.26. The SMILES string of the molecule is O=C(NCCSCc1c(F)cccc1Cl)c1cc2ccccc2o1. The van der Waals surface area contributed by atoms with E-state index in [1.807, 2.05) is 24.3 Å². The smallest absolute Gasteiger partial charge is 0.287 e. The van der Waals surface area contributed by atoms with E-state index in [1.54, 1.807) is 18.2 Å². The molecule has 3 rings (SSSR count). The number of rotatable bonds is 6. The quantitative estimate of drug-likeness (QED) is 0.634. The lowest BCUT2D eigenvalue weighted by Gasteiger charge is -2.06. The van der Waals surface area contributed by atoms with Gasteiger partial charge < -0.3 is 9.73 Å². The van der Waals surface area contributed by atoms with Gasteiger partial charge in [0.1, 0.15) is 11.4 Å². The Morgan fingerprint density at radius 1 is 1.21 bits per heavy atom. The van der Waals surface area contributed by atoms with Gasteiger partial charge in [-0.05, 0) is 24.3 Å². The van der Waals surface area contributed by atoms with Crippen LogP contribution < -0.4 is 5.32 Å². The van der Waals surface area contributed by atoms with Gasteiger partial charge >= 0.3 is 0 Å². The molecule has 1 heterocycles. The molecular weight excluding hydrogens is 349 g/mol. The molecule has 124 valence electrons. The summed E-state index contributed by atoms with van der Waals surface area (Å²) in [6.45, 7) is 0.465. The number of hydrogen-bond acceptors (Lipinski definition) is 3. The van der Waals surface area contributed by atoms with E-state index >= 15 is 0 Å². The highest BCUT2D eigenvalue weighted by atomic mass is 35.5. The van der Waals surface area contributed by atoms with Gasteiger partial charge in [-0.15, -0.1) is 0 Å². The summed E-state index contributed by atoms with van der Waals surface area (Å²) in [5, 5.41) is 4.11. The van der Waals surface area contributed by atoms with Gasteiger partial charge in [-0.25, -0.2) is 4.39 Å². The minimum absolute atomic E-state index is 0.254. The summed E-state index contributed by atoms with van der Waals surface area (Å²) in [7, 11) is 0. The van der Waals surface area contributed by atoms with E-state index in [2.05, 4.69) is 5.32 Å². The number of hydrogen-bond donors (Lipinski definition) is 1. The van der Waals surface area contributed by atoms with E-state index < -0.39 is 0 Å². The Morgan fingerprint density at radius 3 is 2.83 bits per heavy atom. The molecule has 0 fully saturated rings. The molecule has 6 heteroatoms. The van der Waals surface area contributed by atoms with Gasteiger partial charge in [0.05, 0.1) is 0 Å². The van der Waals surface area contributed by atoms with Crippen molar-refractivity contribution in [3.05, 3.63) is 70.7 Å². The predicted molar refractivity (Wildman–Crippen MR) is 96.1 cm³/mol. The third-order valence-corrected chi connectivity index (χ3v) is 4.83. The van der Waals surface area contributed by atoms with Crippen molar-refractivity contribution in [1.29, 1.82) is 0 Å². The van der Waals surface area contributed by atoms with Crippen LogP contribution >= 0.6 is 23.4 Å². The minimum atomic E-state index is -0.304. The van der Waals surface area contributed by atoms with E-state index in [0.717, 1.165) is 5.39 Å². The summed E-state index contributed by atoms with van der Waals surface area (Å²) in [5.74, 6) is 0.846. The van der Waals surface area contributed by atoms with Crippen molar-refractivity contribution in [3.8, 4) is 0 Å². The summed E-state index contributed by atoms with van der Waals surface area (Å²) < 4.78 is 19.1. The van der Waals surface area contributed by atoms with Gasteiger partial charge in [-0.1, -0.05) is 35.9 Å². The molecule has 3 nitrogen and oxygen atoms in total. The minimum Gasteiger partial charge on any atom is -0.451 e. The van der Waals surface area contributed by atoms with Crippen LogP contribution in [0.1, 0.15) is 16.1 Å². The number of nitrogens with one attached hydrogen (secondary N) is 1. The second-order valence-electron chi connectivity index (χ2n) is 5.16. The molecule has 0 unspecified atom stereocenters. The lowest BCUT2D eigenvalue weighted by Crippen LogP contribution is -2.25. The number of halogens is 2. The van der Waals surface area contributed by atoms with Crippen molar-refractivity contribution in [2.24, 2.45) is 0 Å². The van der Waals surface area contributed by atoms with Gasteiger partial charge in [0.25, 0.3) is 5.91 Å². The number of fused-ring (bicyclic) bond motifs is 1. The fourth-order valence-corrected chi connectivity index (χ4v) is 3.46. The largest absolute Gasteiger partial charge is 0.451 e. The van der Waals surface area contributed by atoms with Gasteiger partial charge in [-0.2, -0.15) is 11.8 Å². The zero-order valence-corrected chi connectivity index (χ0v) is 14.3. The van der Waals surface area contributed by atoms with Crippen molar-refractivity contribution in [2.75, 3.05) is 12.3 Å². The predicted octanol–water partition coefficient (Wildman–Crippen LogP) is 4.89. The van der Waals surface area contributed by atoms with Crippen LogP contribution in [0.4, 0.5) is 4.39 Å². The molecule has 1 amide bonds. The van der Waals surface area contributed by atoms with Gasteiger partial charge in [0.2, 0.25) is 0 Å². The van der Waals surface area contributed by atoms with Gasteiger partial charge in [0, 0.05) is 34.0 Å². The van der Waals surface area contributed by atoms with Crippen LogP contribution in [-0.2, 0) is 5.75 Å². The van der Waals surface area contributed by atoms with Crippen LogP contribution in [0, 0.1) is 5.82 Å². The summed E-state index contributed by atoms with van der Waals surface area (Å²) >= 11 is 7.48. The zero-order valence-electron chi connectivity index (χ0n) is 12.7.